The van der Waals surface area contributed by atoms with Crippen LogP contribution in [0.3, 0.4) is 0 Å². The van der Waals surface area contributed by atoms with Crippen molar-refractivity contribution in [2.45, 2.75) is 31.6 Å². The Morgan fingerprint density at radius 3 is 2.50 bits per heavy atom. The second-order valence-electron chi connectivity index (χ2n) is 8.54. The van der Waals surface area contributed by atoms with Crippen molar-refractivity contribution in [2.24, 2.45) is 11.8 Å². The van der Waals surface area contributed by atoms with E-state index in [1.807, 2.05) is 23.1 Å². The molecule has 7 heteroatoms. The first-order valence-electron chi connectivity index (χ1n) is 10.9. The number of benzene rings is 1. The van der Waals surface area contributed by atoms with Crippen LogP contribution in [0.5, 0.6) is 0 Å². The number of amides is 2. The molecule has 5 rings (SSSR count). The second-order valence-corrected chi connectivity index (χ2v) is 8.54. The van der Waals surface area contributed by atoms with Crippen molar-refractivity contribution in [1.82, 2.24) is 14.9 Å². The summed E-state index contributed by atoms with van der Waals surface area (Å²) in [6.07, 6.45) is 8.65. The van der Waals surface area contributed by atoms with Crippen LogP contribution in [0.25, 0.3) is 0 Å². The maximum Gasteiger partial charge on any atom is 0.232 e. The van der Waals surface area contributed by atoms with E-state index in [0.717, 1.165) is 68.9 Å². The molecule has 2 fully saturated rings. The first-order chi connectivity index (χ1) is 14.7. The van der Waals surface area contributed by atoms with Gasteiger partial charge in [-0.1, -0.05) is 18.2 Å². The van der Waals surface area contributed by atoms with Crippen molar-refractivity contribution in [3.05, 3.63) is 48.4 Å². The monoisotopic (exact) mass is 405 g/mol. The topological polar surface area (TPSA) is 78.4 Å². The number of carbonyl (C=O) groups excluding carboxylic acids is 2. The van der Waals surface area contributed by atoms with Gasteiger partial charge in [-0.25, -0.2) is 4.98 Å². The summed E-state index contributed by atoms with van der Waals surface area (Å²) >= 11 is 0. The minimum absolute atomic E-state index is 0.0753. The molecule has 0 bridgehead atoms. The second kappa shape index (κ2) is 8.05. The highest BCUT2D eigenvalue weighted by atomic mass is 16.2. The van der Waals surface area contributed by atoms with Gasteiger partial charge >= 0.3 is 0 Å². The lowest BCUT2D eigenvalue weighted by Gasteiger charge is -2.38. The number of carbonyl (C=O) groups is 2. The number of fused-ring (bicyclic) bond motifs is 1. The number of aromatic nitrogens is 2. The maximum absolute atomic E-state index is 13.1. The summed E-state index contributed by atoms with van der Waals surface area (Å²) in [5.41, 5.74) is 2.06. The van der Waals surface area contributed by atoms with Gasteiger partial charge in [-0.05, 0) is 43.2 Å². The number of rotatable bonds is 3. The van der Waals surface area contributed by atoms with Gasteiger partial charge in [-0.3, -0.25) is 14.6 Å². The Hall–Kier alpha value is -2.96. The smallest absolute Gasteiger partial charge is 0.232 e. The molecule has 3 aliphatic rings. The molecule has 1 aromatic carbocycles. The van der Waals surface area contributed by atoms with Gasteiger partial charge in [0.1, 0.15) is 5.82 Å². The summed E-state index contributed by atoms with van der Waals surface area (Å²) in [6, 6.07) is 7.98. The fourth-order valence-electron chi connectivity index (χ4n) is 5.22. The van der Waals surface area contributed by atoms with E-state index in [0.29, 0.717) is 5.92 Å². The fraction of sp³-hybridized carbons (Fsp3) is 0.478. The van der Waals surface area contributed by atoms with Crippen LogP contribution in [-0.4, -0.2) is 52.9 Å². The normalized spacial score (nSPS) is 22.7. The van der Waals surface area contributed by atoms with Crippen LogP contribution in [0.2, 0.25) is 0 Å². The lowest BCUT2D eigenvalue weighted by atomic mass is 9.80. The van der Waals surface area contributed by atoms with Gasteiger partial charge < -0.3 is 15.1 Å². The third-order valence-electron chi connectivity index (χ3n) is 6.88. The fourth-order valence-corrected chi connectivity index (χ4v) is 5.22. The Kier molecular flexibility index (Phi) is 5.11. The molecule has 4 heterocycles. The molecular weight excluding hydrogens is 378 g/mol. The predicted octanol–water partition coefficient (Wildman–Crippen LogP) is 2.67. The molecule has 1 N–H and O–H groups in total. The van der Waals surface area contributed by atoms with Crippen molar-refractivity contribution < 1.29 is 9.59 Å². The van der Waals surface area contributed by atoms with Crippen LogP contribution in [0.4, 0.5) is 11.5 Å². The zero-order valence-corrected chi connectivity index (χ0v) is 17.0. The highest BCUT2D eigenvalue weighted by Gasteiger charge is 2.39. The van der Waals surface area contributed by atoms with Gasteiger partial charge in [-0.15, -0.1) is 0 Å². The first-order valence-corrected chi connectivity index (χ1v) is 10.9. The number of anilines is 2. The lowest BCUT2D eigenvalue weighted by Crippen LogP contribution is -2.46. The standard InChI is InChI=1S/C23H27N5O2/c29-22-21(18-3-1-2-4-19(18)26-22)16-5-13-28(14-6-16)23(30)17-7-11-27(12-8-17)20-15-24-9-10-25-20/h1-4,9-10,15-17,21H,5-8,11-14H2,(H,26,29). The van der Waals surface area contributed by atoms with E-state index in [9.17, 15) is 9.59 Å². The molecule has 0 saturated carbocycles. The van der Waals surface area contributed by atoms with Crippen LogP contribution in [0.15, 0.2) is 42.9 Å². The number of nitrogens with one attached hydrogen (secondary N) is 1. The average Bonchev–Trinajstić information content (AvgIpc) is 3.15. The highest BCUT2D eigenvalue weighted by molar-refractivity contribution is 6.03. The highest BCUT2D eigenvalue weighted by Crippen LogP contribution is 2.41. The van der Waals surface area contributed by atoms with Crippen molar-refractivity contribution in [2.75, 3.05) is 36.4 Å². The lowest BCUT2D eigenvalue weighted by molar-refractivity contribution is -0.137. The van der Waals surface area contributed by atoms with E-state index >= 15 is 0 Å². The van der Waals surface area contributed by atoms with Gasteiger partial charge in [0.2, 0.25) is 11.8 Å². The number of piperidine rings is 2. The zero-order valence-electron chi connectivity index (χ0n) is 17.0. The molecule has 1 atom stereocenters. The van der Waals surface area contributed by atoms with E-state index in [-0.39, 0.29) is 23.7 Å². The number of nitrogens with zero attached hydrogens (tertiary/aromatic N) is 4. The maximum atomic E-state index is 13.1. The zero-order chi connectivity index (χ0) is 20.5. The van der Waals surface area contributed by atoms with E-state index in [4.69, 9.17) is 0 Å². The van der Waals surface area contributed by atoms with Crippen molar-refractivity contribution in [3.8, 4) is 0 Å². The first kappa shape index (κ1) is 19.0. The molecule has 1 unspecified atom stereocenters. The van der Waals surface area contributed by atoms with Gasteiger partial charge in [-0.2, -0.15) is 0 Å². The Labute approximate surface area is 176 Å². The van der Waals surface area contributed by atoms with E-state index in [1.54, 1.807) is 18.6 Å². The molecule has 3 aliphatic heterocycles. The van der Waals surface area contributed by atoms with Crippen LogP contribution < -0.4 is 10.2 Å². The Bertz CT molecular complexity index is 918. The van der Waals surface area contributed by atoms with E-state index < -0.39 is 0 Å². The Morgan fingerprint density at radius 2 is 1.77 bits per heavy atom. The molecule has 7 nitrogen and oxygen atoms in total. The Morgan fingerprint density at radius 1 is 1.00 bits per heavy atom. The third-order valence-corrected chi connectivity index (χ3v) is 6.88. The summed E-state index contributed by atoms with van der Waals surface area (Å²) in [6.45, 7) is 3.18. The predicted molar refractivity (Wildman–Crippen MR) is 114 cm³/mol. The van der Waals surface area contributed by atoms with Crippen LogP contribution in [0.1, 0.15) is 37.2 Å². The van der Waals surface area contributed by atoms with Gasteiger partial charge in [0, 0.05) is 50.2 Å². The summed E-state index contributed by atoms with van der Waals surface area (Å²) in [7, 11) is 0. The molecule has 2 saturated heterocycles. The quantitative estimate of drug-likeness (QED) is 0.849. The summed E-state index contributed by atoms with van der Waals surface area (Å²) < 4.78 is 0. The van der Waals surface area contributed by atoms with Gasteiger partial charge in [0.15, 0.2) is 0 Å². The molecule has 1 aromatic heterocycles. The van der Waals surface area contributed by atoms with Crippen molar-refractivity contribution in [3.63, 3.8) is 0 Å². The van der Waals surface area contributed by atoms with Crippen molar-refractivity contribution in [1.29, 1.82) is 0 Å². The van der Waals surface area contributed by atoms with Gasteiger partial charge in [0.05, 0.1) is 12.1 Å². The molecule has 2 aromatic rings. The molecular formula is C23H27N5O2. The van der Waals surface area contributed by atoms with Crippen LogP contribution >= 0.6 is 0 Å². The SMILES string of the molecule is O=C1Nc2ccccc2C1C1CCN(C(=O)C2CCN(c3cnccn3)CC2)CC1. The average molecular weight is 406 g/mol. The van der Waals surface area contributed by atoms with Crippen molar-refractivity contribution >= 4 is 23.3 Å². The minimum atomic E-state index is -0.0753. The van der Waals surface area contributed by atoms with E-state index in [2.05, 4.69) is 26.3 Å². The Balaban J connectivity index is 1.16. The molecule has 156 valence electrons. The molecule has 0 spiro atoms. The summed E-state index contributed by atoms with van der Waals surface area (Å²) in [4.78, 5) is 38.4. The number of para-hydroxylation sites is 1. The molecule has 0 aliphatic carbocycles. The van der Waals surface area contributed by atoms with Crippen LogP contribution in [0, 0.1) is 11.8 Å². The summed E-state index contributed by atoms with van der Waals surface area (Å²) in [5.74, 6) is 1.59. The number of hydrogen-bond donors (Lipinski definition) is 1. The number of likely N-dealkylation sites (tertiary alicyclic amines) is 1. The largest absolute Gasteiger partial charge is 0.355 e. The van der Waals surface area contributed by atoms with Crippen LogP contribution in [-0.2, 0) is 9.59 Å². The minimum Gasteiger partial charge on any atom is -0.355 e. The molecule has 2 amide bonds. The number of hydrogen-bond acceptors (Lipinski definition) is 5. The summed E-state index contributed by atoms with van der Waals surface area (Å²) in [5, 5.41) is 3.01. The van der Waals surface area contributed by atoms with Gasteiger partial charge in [0.25, 0.3) is 0 Å². The molecule has 0 radical (unpaired) electrons. The molecule has 30 heavy (non-hydrogen) atoms. The van der Waals surface area contributed by atoms with E-state index in [1.165, 1.54) is 0 Å². The third kappa shape index (κ3) is 3.53.